The Morgan fingerprint density at radius 2 is 2.20 bits per heavy atom. The number of aromatic nitrogens is 2. The zero-order valence-electron chi connectivity index (χ0n) is 8.82. The number of benzene rings is 1. The first-order valence-electron chi connectivity index (χ1n) is 4.85. The van der Waals surface area contributed by atoms with Crippen molar-refractivity contribution < 1.29 is 4.79 Å². The van der Waals surface area contributed by atoms with Gasteiger partial charge in [0.2, 0.25) is 5.95 Å². The molecule has 15 heavy (non-hydrogen) atoms. The van der Waals surface area contributed by atoms with Gasteiger partial charge in [0.15, 0.2) is 0 Å². The highest BCUT2D eigenvalue weighted by Gasteiger charge is 2.09. The van der Waals surface area contributed by atoms with Crippen LogP contribution in [0.1, 0.15) is 6.92 Å². The molecule has 1 N–H and O–H groups in total. The quantitative estimate of drug-likeness (QED) is 0.825. The topological polar surface area (TPSA) is 46.9 Å². The third-order valence-electron chi connectivity index (χ3n) is 2.26. The Morgan fingerprint density at radius 3 is 2.87 bits per heavy atom. The smallest absolute Gasteiger partial charge is 0.204 e. The van der Waals surface area contributed by atoms with E-state index in [1.807, 2.05) is 28.8 Å². The number of para-hydroxylation sites is 2. The van der Waals surface area contributed by atoms with E-state index in [9.17, 15) is 4.79 Å². The number of Topliss-reactive ketones (excluding diaryl/α,β-unsaturated/α-hetero) is 1. The van der Waals surface area contributed by atoms with Crippen LogP contribution in [0.5, 0.6) is 0 Å². The van der Waals surface area contributed by atoms with Crippen LogP contribution in [0.2, 0.25) is 0 Å². The molecule has 4 heteroatoms. The fourth-order valence-corrected chi connectivity index (χ4v) is 1.65. The van der Waals surface area contributed by atoms with E-state index in [1.165, 1.54) is 0 Å². The maximum Gasteiger partial charge on any atom is 0.204 e. The molecule has 0 fully saturated rings. The minimum absolute atomic E-state index is 0.120. The summed E-state index contributed by atoms with van der Waals surface area (Å²) in [4.78, 5) is 15.5. The van der Waals surface area contributed by atoms with Crippen LogP contribution in [0, 0.1) is 0 Å². The number of fused-ring (bicyclic) bond motifs is 1. The van der Waals surface area contributed by atoms with E-state index in [4.69, 9.17) is 0 Å². The summed E-state index contributed by atoms with van der Waals surface area (Å²) in [5.74, 6) is 0.848. The molecule has 1 aromatic carbocycles. The van der Waals surface area contributed by atoms with Crippen LogP contribution in [-0.4, -0.2) is 22.4 Å². The second-order valence-corrected chi connectivity index (χ2v) is 3.46. The Bertz CT molecular complexity index is 502. The normalized spacial score (nSPS) is 10.5. The predicted octanol–water partition coefficient (Wildman–Crippen LogP) is 1.67. The van der Waals surface area contributed by atoms with E-state index in [2.05, 4.69) is 10.3 Å². The lowest BCUT2D eigenvalue weighted by Gasteiger charge is -2.05. The van der Waals surface area contributed by atoms with Crippen LogP contribution in [-0.2, 0) is 11.3 Å². The highest BCUT2D eigenvalue weighted by Crippen LogP contribution is 2.18. The zero-order chi connectivity index (χ0) is 10.8. The van der Waals surface area contributed by atoms with Crippen molar-refractivity contribution in [3.63, 3.8) is 0 Å². The van der Waals surface area contributed by atoms with Gasteiger partial charge in [0, 0.05) is 7.05 Å². The summed E-state index contributed by atoms with van der Waals surface area (Å²) in [6, 6.07) is 7.78. The second kappa shape index (κ2) is 3.73. The summed E-state index contributed by atoms with van der Waals surface area (Å²) in [6.07, 6.45) is 0. The van der Waals surface area contributed by atoms with Gasteiger partial charge in [-0.05, 0) is 19.1 Å². The molecule has 4 nitrogen and oxygen atoms in total. The Labute approximate surface area is 87.9 Å². The molecule has 0 aliphatic heterocycles. The molecule has 2 aromatic rings. The van der Waals surface area contributed by atoms with Crippen molar-refractivity contribution in [1.82, 2.24) is 9.55 Å². The number of hydrogen-bond donors (Lipinski definition) is 1. The molecule has 0 saturated carbocycles. The molecule has 0 saturated heterocycles. The highest BCUT2D eigenvalue weighted by molar-refractivity contribution is 5.82. The Hall–Kier alpha value is -1.84. The summed E-state index contributed by atoms with van der Waals surface area (Å²) >= 11 is 0. The third-order valence-corrected chi connectivity index (χ3v) is 2.26. The van der Waals surface area contributed by atoms with Crippen LogP contribution >= 0.6 is 0 Å². The number of nitrogens with zero attached hydrogens (tertiary/aromatic N) is 2. The van der Waals surface area contributed by atoms with Crippen LogP contribution in [0.3, 0.4) is 0 Å². The number of rotatable bonds is 3. The molecular weight excluding hydrogens is 190 g/mol. The van der Waals surface area contributed by atoms with Crippen molar-refractivity contribution >= 4 is 22.8 Å². The largest absolute Gasteiger partial charge is 0.359 e. The van der Waals surface area contributed by atoms with E-state index in [-0.39, 0.29) is 5.78 Å². The van der Waals surface area contributed by atoms with Gasteiger partial charge in [-0.2, -0.15) is 0 Å². The Balaban J connectivity index is 2.61. The van der Waals surface area contributed by atoms with E-state index in [1.54, 1.807) is 14.0 Å². The van der Waals surface area contributed by atoms with Gasteiger partial charge in [-0.25, -0.2) is 4.98 Å². The van der Waals surface area contributed by atoms with Gasteiger partial charge < -0.3 is 9.88 Å². The first-order valence-corrected chi connectivity index (χ1v) is 4.85. The van der Waals surface area contributed by atoms with Crippen LogP contribution < -0.4 is 5.32 Å². The lowest BCUT2D eigenvalue weighted by molar-refractivity contribution is -0.117. The fraction of sp³-hybridized carbons (Fsp3) is 0.273. The van der Waals surface area contributed by atoms with Crippen LogP contribution in [0.4, 0.5) is 5.95 Å². The molecule has 0 amide bonds. The minimum Gasteiger partial charge on any atom is -0.359 e. The number of ketones is 1. The Morgan fingerprint density at radius 1 is 1.47 bits per heavy atom. The van der Waals surface area contributed by atoms with Crippen molar-refractivity contribution in [2.45, 2.75) is 13.5 Å². The summed E-state index contributed by atoms with van der Waals surface area (Å²) in [6.45, 7) is 1.94. The lowest BCUT2D eigenvalue weighted by atomic mass is 10.3. The number of imidazole rings is 1. The number of carbonyl (C=O) groups is 1. The molecule has 0 aliphatic carbocycles. The number of nitrogens with one attached hydrogen (secondary N) is 1. The summed E-state index contributed by atoms with van der Waals surface area (Å²) in [5.41, 5.74) is 1.89. The van der Waals surface area contributed by atoms with E-state index >= 15 is 0 Å². The van der Waals surface area contributed by atoms with Gasteiger partial charge in [-0.15, -0.1) is 0 Å². The van der Waals surface area contributed by atoms with Gasteiger partial charge in [0.1, 0.15) is 5.78 Å². The number of anilines is 1. The fourth-order valence-electron chi connectivity index (χ4n) is 1.65. The molecule has 1 aromatic heterocycles. The molecule has 0 unspecified atom stereocenters. The average Bonchev–Trinajstić information content (AvgIpc) is 2.56. The van der Waals surface area contributed by atoms with Gasteiger partial charge in [0.25, 0.3) is 0 Å². The first-order chi connectivity index (χ1) is 7.22. The lowest BCUT2D eigenvalue weighted by Crippen LogP contribution is -2.09. The molecule has 0 spiro atoms. The first kappa shape index (κ1) is 9.71. The molecule has 1 heterocycles. The molecule has 0 radical (unpaired) electrons. The maximum atomic E-state index is 11.1. The molecular formula is C11H13N3O. The summed E-state index contributed by atoms with van der Waals surface area (Å²) in [5, 5.41) is 2.99. The van der Waals surface area contributed by atoms with Crippen molar-refractivity contribution in [2.24, 2.45) is 0 Å². The van der Waals surface area contributed by atoms with Gasteiger partial charge in [-0.3, -0.25) is 4.79 Å². The third kappa shape index (κ3) is 1.70. The van der Waals surface area contributed by atoms with Gasteiger partial charge in [0.05, 0.1) is 17.6 Å². The van der Waals surface area contributed by atoms with Gasteiger partial charge in [-0.1, -0.05) is 12.1 Å². The SMILES string of the molecule is CNc1nc2ccccc2n1CC(C)=O. The van der Waals surface area contributed by atoms with Crippen molar-refractivity contribution in [1.29, 1.82) is 0 Å². The van der Waals surface area contributed by atoms with E-state index in [0.717, 1.165) is 17.0 Å². The Kier molecular flexibility index (Phi) is 2.41. The summed E-state index contributed by atoms with van der Waals surface area (Å²) in [7, 11) is 1.80. The average molecular weight is 203 g/mol. The summed E-state index contributed by atoms with van der Waals surface area (Å²) < 4.78 is 1.89. The molecule has 2 rings (SSSR count). The number of hydrogen-bond acceptors (Lipinski definition) is 3. The maximum absolute atomic E-state index is 11.1. The molecule has 0 aliphatic rings. The van der Waals surface area contributed by atoms with E-state index < -0.39 is 0 Å². The van der Waals surface area contributed by atoms with Crippen LogP contribution in [0.15, 0.2) is 24.3 Å². The van der Waals surface area contributed by atoms with Crippen LogP contribution in [0.25, 0.3) is 11.0 Å². The number of carbonyl (C=O) groups excluding carboxylic acids is 1. The van der Waals surface area contributed by atoms with Crippen molar-refractivity contribution in [2.75, 3.05) is 12.4 Å². The molecule has 0 atom stereocenters. The van der Waals surface area contributed by atoms with Crippen molar-refractivity contribution in [3.8, 4) is 0 Å². The predicted molar refractivity (Wildman–Crippen MR) is 60.0 cm³/mol. The minimum atomic E-state index is 0.120. The zero-order valence-corrected chi connectivity index (χ0v) is 8.82. The van der Waals surface area contributed by atoms with Gasteiger partial charge >= 0.3 is 0 Å². The molecule has 78 valence electrons. The second-order valence-electron chi connectivity index (χ2n) is 3.46. The highest BCUT2D eigenvalue weighted by atomic mass is 16.1. The molecule has 0 bridgehead atoms. The monoisotopic (exact) mass is 203 g/mol. The van der Waals surface area contributed by atoms with E-state index in [0.29, 0.717) is 6.54 Å². The standard InChI is InChI=1S/C11H13N3O/c1-8(15)7-14-10-6-4-3-5-9(10)13-11(14)12-2/h3-6H,7H2,1-2H3,(H,12,13). The van der Waals surface area contributed by atoms with Crippen molar-refractivity contribution in [3.05, 3.63) is 24.3 Å².